The van der Waals surface area contributed by atoms with Gasteiger partial charge < -0.3 is 15.6 Å². The SMILES string of the molecule is COc1c(C(=O)O)cc(N)cc1C(C)(C)C. The molecule has 3 N–H and O–H groups in total. The van der Waals surface area contributed by atoms with Crippen LogP contribution in [-0.4, -0.2) is 18.2 Å². The second-order valence-electron chi connectivity index (χ2n) is 4.70. The summed E-state index contributed by atoms with van der Waals surface area (Å²) in [6.07, 6.45) is 0. The first-order valence-corrected chi connectivity index (χ1v) is 4.98. The summed E-state index contributed by atoms with van der Waals surface area (Å²) in [6.45, 7) is 5.95. The van der Waals surface area contributed by atoms with E-state index in [9.17, 15) is 4.79 Å². The number of carbonyl (C=O) groups is 1. The highest BCUT2D eigenvalue weighted by molar-refractivity contribution is 5.93. The van der Waals surface area contributed by atoms with E-state index in [4.69, 9.17) is 15.6 Å². The molecule has 16 heavy (non-hydrogen) atoms. The van der Waals surface area contributed by atoms with Gasteiger partial charge in [0.05, 0.1) is 7.11 Å². The lowest BCUT2D eigenvalue weighted by atomic mass is 9.84. The van der Waals surface area contributed by atoms with Gasteiger partial charge in [-0.2, -0.15) is 0 Å². The summed E-state index contributed by atoms with van der Waals surface area (Å²) in [6, 6.07) is 3.17. The van der Waals surface area contributed by atoms with Crippen LogP contribution in [0.1, 0.15) is 36.7 Å². The third kappa shape index (κ3) is 2.27. The molecule has 0 aliphatic carbocycles. The summed E-state index contributed by atoms with van der Waals surface area (Å²) in [5, 5.41) is 9.08. The van der Waals surface area contributed by atoms with E-state index in [0.717, 1.165) is 5.56 Å². The molecule has 1 rings (SSSR count). The smallest absolute Gasteiger partial charge is 0.339 e. The number of methoxy groups -OCH3 is 1. The van der Waals surface area contributed by atoms with Crippen LogP contribution in [-0.2, 0) is 5.41 Å². The number of aromatic carboxylic acids is 1. The van der Waals surface area contributed by atoms with E-state index in [1.54, 1.807) is 6.07 Å². The molecule has 0 fully saturated rings. The lowest BCUT2D eigenvalue weighted by molar-refractivity contribution is 0.0693. The Morgan fingerprint density at radius 1 is 1.38 bits per heavy atom. The molecular formula is C12H17NO3. The Morgan fingerprint density at radius 2 is 1.94 bits per heavy atom. The van der Waals surface area contributed by atoms with Crippen LogP contribution < -0.4 is 10.5 Å². The molecule has 0 atom stereocenters. The molecule has 0 radical (unpaired) electrons. The van der Waals surface area contributed by atoms with E-state index in [-0.39, 0.29) is 11.0 Å². The molecule has 88 valence electrons. The monoisotopic (exact) mass is 223 g/mol. The highest BCUT2D eigenvalue weighted by Crippen LogP contribution is 2.35. The number of rotatable bonds is 2. The van der Waals surface area contributed by atoms with Crippen LogP contribution in [0.2, 0.25) is 0 Å². The number of nitrogens with two attached hydrogens (primary N) is 1. The average Bonchev–Trinajstić information content (AvgIpc) is 2.14. The van der Waals surface area contributed by atoms with Gasteiger partial charge in [-0.1, -0.05) is 20.8 Å². The van der Waals surface area contributed by atoms with Crippen LogP contribution in [0.15, 0.2) is 12.1 Å². The molecule has 0 aromatic heterocycles. The fourth-order valence-electron chi connectivity index (χ4n) is 1.59. The van der Waals surface area contributed by atoms with Crippen LogP contribution in [0.4, 0.5) is 5.69 Å². The average molecular weight is 223 g/mol. The first kappa shape index (κ1) is 12.4. The topological polar surface area (TPSA) is 72.5 Å². The Morgan fingerprint density at radius 3 is 2.31 bits per heavy atom. The van der Waals surface area contributed by atoms with Crippen molar-refractivity contribution in [2.24, 2.45) is 0 Å². The van der Waals surface area contributed by atoms with E-state index in [2.05, 4.69) is 0 Å². The second kappa shape index (κ2) is 4.04. The van der Waals surface area contributed by atoms with Gasteiger partial charge in [0, 0.05) is 11.3 Å². The quantitative estimate of drug-likeness (QED) is 0.754. The van der Waals surface area contributed by atoms with Gasteiger partial charge in [0.25, 0.3) is 0 Å². The van der Waals surface area contributed by atoms with Gasteiger partial charge in [-0.05, 0) is 17.5 Å². The van der Waals surface area contributed by atoms with Crippen molar-refractivity contribution < 1.29 is 14.6 Å². The van der Waals surface area contributed by atoms with E-state index in [1.807, 2.05) is 20.8 Å². The maximum absolute atomic E-state index is 11.1. The number of carboxylic acids is 1. The zero-order valence-electron chi connectivity index (χ0n) is 10.00. The summed E-state index contributed by atoms with van der Waals surface area (Å²) < 4.78 is 5.18. The molecule has 0 aliphatic heterocycles. The van der Waals surface area contributed by atoms with E-state index >= 15 is 0 Å². The Balaban J connectivity index is 3.55. The van der Waals surface area contributed by atoms with Crippen molar-refractivity contribution >= 4 is 11.7 Å². The van der Waals surface area contributed by atoms with Crippen LogP contribution in [0.5, 0.6) is 5.75 Å². The molecule has 0 saturated heterocycles. The van der Waals surface area contributed by atoms with Crippen molar-refractivity contribution in [1.82, 2.24) is 0 Å². The largest absolute Gasteiger partial charge is 0.496 e. The second-order valence-corrected chi connectivity index (χ2v) is 4.70. The molecule has 0 saturated carbocycles. The van der Waals surface area contributed by atoms with Crippen LogP contribution in [0, 0.1) is 0 Å². The van der Waals surface area contributed by atoms with Crippen LogP contribution >= 0.6 is 0 Å². The zero-order valence-corrected chi connectivity index (χ0v) is 10.00. The Hall–Kier alpha value is -1.71. The molecular weight excluding hydrogens is 206 g/mol. The highest BCUT2D eigenvalue weighted by atomic mass is 16.5. The summed E-state index contributed by atoms with van der Waals surface area (Å²) in [5.41, 5.74) is 6.82. The van der Waals surface area contributed by atoms with Gasteiger partial charge in [0.15, 0.2) is 0 Å². The number of ether oxygens (including phenoxy) is 1. The minimum atomic E-state index is -1.03. The van der Waals surface area contributed by atoms with Crippen LogP contribution in [0.3, 0.4) is 0 Å². The third-order valence-electron chi connectivity index (χ3n) is 2.35. The normalized spacial score (nSPS) is 11.2. The molecule has 0 heterocycles. The van der Waals surface area contributed by atoms with Crippen molar-refractivity contribution in [1.29, 1.82) is 0 Å². The zero-order chi connectivity index (χ0) is 12.5. The number of hydrogen-bond acceptors (Lipinski definition) is 3. The van der Waals surface area contributed by atoms with Gasteiger partial charge in [-0.3, -0.25) is 0 Å². The molecule has 4 nitrogen and oxygen atoms in total. The molecule has 0 amide bonds. The maximum Gasteiger partial charge on any atom is 0.339 e. The van der Waals surface area contributed by atoms with Crippen molar-refractivity contribution in [3.05, 3.63) is 23.3 Å². The molecule has 0 bridgehead atoms. The Labute approximate surface area is 95.0 Å². The number of benzene rings is 1. The number of hydrogen-bond donors (Lipinski definition) is 2. The van der Waals surface area contributed by atoms with Gasteiger partial charge >= 0.3 is 5.97 Å². The van der Waals surface area contributed by atoms with Crippen molar-refractivity contribution in [2.45, 2.75) is 26.2 Å². The summed E-state index contributed by atoms with van der Waals surface area (Å²) >= 11 is 0. The Bertz CT molecular complexity index is 419. The van der Waals surface area contributed by atoms with Gasteiger partial charge in [0.1, 0.15) is 11.3 Å². The minimum Gasteiger partial charge on any atom is -0.496 e. The van der Waals surface area contributed by atoms with Crippen molar-refractivity contribution in [3.63, 3.8) is 0 Å². The Kier molecular flexibility index (Phi) is 3.12. The fourth-order valence-corrected chi connectivity index (χ4v) is 1.59. The maximum atomic E-state index is 11.1. The van der Waals surface area contributed by atoms with Gasteiger partial charge in [-0.15, -0.1) is 0 Å². The first-order valence-electron chi connectivity index (χ1n) is 4.98. The molecule has 1 aromatic rings. The third-order valence-corrected chi connectivity index (χ3v) is 2.35. The first-order chi connectivity index (χ1) is 7.27. The van der Waals surface area contributed by atoms with Gasteiger partial charge in [-0.25, -0.2) is 4.79 Å². The molecule has 0 spiro atoms. The predicted octanol–water partition coefficient (Wildman–Crippen LogP) is 2.27. The van der Waals surface area contributed by atoms with Crippen molar-refractivity contribution in [2.75, 3.05) is 12.8 Å². The number of nitrogen functional groups attached to an aromatic ring is 1. The number of carboxylic acid groups (broad SMARTS) is 1. The molecule has 0 aliphatic rings. The fraction of sp³-hybridized carbons (Fsp3) is 0.417. The highest BCUT2D eigenvalue weighted by Gasteiger charge is 2.24. The van der Waals surface area contributed by atoms with Crippen molar-refractivity contribution in [3.8, 4) is 5.75 Å². The molecule has 0 unspecified atom stereocenters. The van der Waals surface area contributed by atoms with E-state index < -0.39 is 5.97 Å². The summed E-state index contributed by atoms with van der Waals surface area (Å²) in [5.74, 6) is -0.649. The molecule has 1 aromatic carbocycles. The molecule has 4 heteroatoms. The van der Waals surface area contributed by atoms with Crippen LogP contribution in [0.25, 0.3) is 0 Å². The van der Waals surface area contributed by atoms with Gasteiger partial charge in [0.2, 0.25) is 0 Å². The van der Waals surface area contributed by atoms with E-state index in [0.29, 0.717) is 11.4 Å². The minimum absolute atomic E-state index is 0.104. The lowest BCUT2D eigenvalue weighted by Crippen LogP contribution is -2.16. The predicted molar refractivity (Wildman–Crippen MR) is 63.1 cm³/mol. The summed E-state index contributed by atoms with van der Waals surface area (Å²) in [4.78, 5) is 11.1. The van der Waals surface area contributed by atoms with E-state index in [1.165, 1.54) is 13.2 Å². The lowest BCUT2D eigenvalue weighted by Gasteiger charge is -2.23. The number of anilines is 1. The standard InChI is InChI=1S/C12H17NO3/c1-12(2,3)9-6-7(13)5-8(11(14)15)10(9)16-4/h5-6H,13H2,1-4H3,(H,14,15). The summed E-state index contributed by atoms with van der Waals surface area (Å²) in [7, 11) is 1.47.